The molecule has 0 amide bonds. The van der Waals surface area contributed by atoms with E-state index in [1.54, 1.807) is 0 Å². The molecule has 84 valence electrons. The van der Waals surface area contributed by atoms with Gasteiger partial charge in [-0.1, -0.05) is 6.07 Å². The quantitative estimate of drug-likeness (QED) is 0.831. The molecule has 1 aromatic carbocycles. The summed E-state index contributed by atoms with van der Waals surface area (Å²) in [7, 11) is 2.03. The SMILES string of the molecule is Cn1cnc2cc(CC3CC(N)C3)ccc21. The number of imidazole rings is 1. The molecule has 1 saturated carbocycles. The minimum absolute atomic E-state index is 0.448. The van der Waals surface area contributed by atoms with Gasteiger partial charge in [-0.3, -0.25) is 0 Å². The predicted molar refractivity (Wildman–Crippen MR) is 65.1 cm³/mol. The number of fused-ring (bicyclic) bond motifs is 1. The number of benzene rings is 1. The zero-order chi connectivity index (χ0) is 11.1. The van der Waals surface area contributed by atoms with Gasteiger partial charge < -0.3 is 10.3 Å². The molecule has 3 nitrogen and oxygen atoms in total. The van der Waals surface area contributed by atoms with Crippen molar-refractivity contribution in [2.45, 2.75) is 25.3 Å². The number of hydrogen-bond donors (Lipinski definition) is 1. The third kappa shape index (κ3) is 1.61. The van der Waals surface area contributed by atoms with E-state index in [0.29, 0.717) is 6.04 Å². The molecule has 0 saturated heterocycles. The number of aryl methyl sites for hydroxylation is 1. The molecule has 1 aromatic heterocycles. The lowest BCUT2D eigenvalue weighted by molar-refractivity contribution is 0.264. The van der Waals surface area contributed by atoms with E-state index in [-0.39, 0.29) is 0 Å². The Kier molecular flexibility index (Phi) is 2.21. The fourth-order valence-corrected chi connectivity index (χ4v) is 2.60. The summed E-state index contributed by atoms with van der Waals surface area (Å²) in [6.07, 6.45) is 5.38. The van der Waals surface area contributed by atoms with Crippen molar-refractivity contribution in [3.05, 3.63) is 30.1 Å². The van der Waals surface area contributed by atoms with Crippen LogP contribution in [-0.4, -0.2) is 15.6 Å². The second-order valence-corrected chi connectivity index (χ2v) is 4.98. The monoisotopic (exact) mass is 215 g/mol. The normalized spacial score (nSPS) is 24.6. The fourth-order valence-electron chi connectivity index (χ4n) is 2.60. The molecule has 0 radical (unpaired) electrons. The number of aromatic nitrogens is 2. The first kappa shape index (κ1) is 9.85. The molecule has 2 N–H and O–H groups in total. The number of rotatable bonds is 2. The van der Waals surface area contributed by atoms with E-state index in [0.717, 1.165) is 17.9 Å². The lowest BCUT2D eigenvalue weighted by atomic mass is 9.77. The van der Waals surface area contributed by atoms with Crippen LogP contribution in [0.15, 0.2) is 24.5 Å². The minimum atomic E-state index is 0.448. The Bertz CT molecular complexity index is 509. The molecular formula is C13H17N3. The molecule has 3 rings (SSSR count). The first-order valence-electron chi connectivity index (χ1n) is 5.88. The highest BCUT2D eigenvalue weighted by Crippen LogP contribution is 2.29. The Labute approximate surface area is 95.3 Å². The van der Waals surface area contributed by atoms with Crippen molar-refractivity contribution in [2.75, 3.05) is 0 Å². The summed E-state index contributed by atoms with van der Waals surface area (Å²) in [6, 6.07) is 7.03. The van der Waals surface area contributed by atoms with Gasteiger partial charge >= 0.3 is 0 Å². The van der Waals surface area contributed by atoms with Gasteiger partial charge in [0.1, 0.15) is 0 Å². The molecule has 16 heavy (non-hydrogen) atoms. The van der Waals surface area contributed by atoms with Crippen LogP contribution in [0.4, 0.5) is 0 Å². The van der Waals surface area contributed by atoms with Crippen molar-refractivity contribution in [1.82, 2.24) is 9.55 Å². The zero-order valence-electron chi connectivity index (χ0n) is 9.56. The third-order valence-electron chi connectivity index (χ3n) is 3.59. The van der Waals surface area contributed by atoms with Crippen LogP contribution < -0.4 is 5.73 Å². The molecule has 0 bridgehead atoms. The average molecular weight is 215 g/mol. The average Bonchev–Trinajstić information content (AvgIpc) is 2.58. The molecular weight excluding hydrogens is 198 g/mol. The minimum Gasteiger partial charge on any atom is -0.334 e. The topological polar surface area (TPSA) is 43.8 Å². The van der Waals surface area contributed by atoms with Gasteiger partial charge in [0.05, 0.1) is 17.4 Å². The number of nitrogens with two attached hydrogens (primary N) is 1. The maximum Gasteiger partial charge on any atom is 0.0955 e. The third-order valence-corrected chi connectivity index (χ3v) is 3.59. The predicted octanol–water partition coefficient (Wildman–Crippen LogP) is 1.85. The summed E-state index contributed by atoms with van der Waals surface area (Å²) in [5, 5.41) is 0. The van der Waals surface area contributed by atoms with Crippen LogP contribution in [0, 0.1) is 5.92 Å². The van der Waals surface area contributed by atoms with Crippen molar-refractivity contribution in [2.24, 2.45) is 18.7 Å². The largest absolute Gasteiger partial charge is 0.334 e. The Morgan fingerprint density at radius 3 is 3.00 bits per heavy atom. The molecule has 2 aromatic rings. The van der Waals surface area contributed by atoms with Gasteiger partial charge in [0.15, 0.2) is 0 Å². The van der Waals surface area contributed by atoms with E-state index < -0.39 is 0 Å². The lowest BCUT2D eigenvalue weighted by Crippen LogP contribution is -2.37. The lowest BCUT2D eigenvalue weighted by Gasteiger charge is -2.32. The van der Waals surface area contributed by atoms with Gasteiger partial charge in [-0.15, -0.1) is 0 Å². The van der Waals surface area contributed by atoms with Gasteiger partial charge in [0, 0.05) is 13.1 Å². The van der Waals surface area contributed by atoms with Crippen LogP contribution in [-0.2, 0) is 13.5 Å². The summed E-state index contributed by atoms with van der Waals surface area (Å²) in [5.41, 5.74) is 9.50. The van der Waals surface area contributed by atoms with E-state index >= 15 is 0 Å². The smallest absolute Gasteiger partial charge is 0.0955 e. The first-order valence-corrected chi connectivity index (χ1v) is 5.88. The summed E-state index contributed by atoms with van der Waals surface area (Å²) in [5.74, 6) is 0.788. The van der Waals surface area contributed by atoms with Crippen molar-refractivity contribution >= 4 is 11.0 Å². The summed E-state index contributed by atoms with van der Waals surface area (Å²) in [4.78, 5) is 4.38. The van der Waals surface area contributed by atoms with Crippen LogP contribution in [0.2, 0.25) is 0 Å². The van der Waals surface area contributed by atoms with E-state index in [4.69, 9.17) is 5.73 Å². The summed E-state index contributed by atoms with van der Waals surface area (Å²) < 4.78 is 2.05. The van der Waals surface area contributed by atoms with Crippen molar-refractivity contribution in [3.8, 4) is 0 Å². The molecule has 1 heterocycles. The van der Waals surface area contributed by atoms with Gasteiger partial charge in [-0.2, -0.15) is 0 Å². The zero-order valence-corrected chi connectivity index (χ0v) is 9.56. The second-order valence-electron chi connectivity index (χ2n) is 4.98. The maximum atomic E-state index is 5.80. The van der Waals surface area contributed by atoms with Crippen molar-refractivity contribution in [3.63, 3.8) is 0 Å². The second kappa shape index (κ2) is 3.59. The molecule has 3 heteroatoms. The van der Waals surface area contributed by atoms with E-state index in [2.05, 4.69) is 27.8 Å². The standard InChI is InChI=1S/C13H17N3/c1-16-8-15-12-7-9(2-3-13(12)16)4-10-5-11(14)6-10/h2-3,7-8,10-11H,4-6,14H2,1H3. The Morgan fingerprint density at radius 2 is 2.25 bits per heavy atom. The van der Waals surface area contributed by atoms with E-state index in [9.17, 15) is 0 Å². The van der Waals surface area contributed by atoms with E-state index in [1.165, 1.54) is 23.9 Å². The fraction of sp³-hybridized carbons (Fsp3) is 0.462. The number of nitrogens with zero attached hydrogens (tertiary/aromatic N) is 2. The highest BCUT2D eigenvalue weighted by Gasteiger charge is 2.25. The van der Waals surface area contributed by atoms with Crippen LogP contribution in [0.25, 0.3) is 11.0 Å². The molecule has 0 unspecified atom stereocenters. The van der Waals surface area contributed by atoms with E-state index in [1.807, 2.05) is 13.4 Å². The van der Waals surface area contributed by atoms with Gasteiger partial charge in [0.25, 0.3) is 0 Å². The summed E-state index contributed by atoms with van der Waals surface area (Å²) in [6.45, 7) is 0. The molecule has 0 aliphatic heterocycles. The molecule has 0 atom stereocenters. The molecule has 0 spiro atoms. The van der Waals surface area contributed by atoms with Crippen LogP contribution >= 0.6 is 0 Å². The molecule has 1 aliphatic rings. The first-order chi connectivity index (χ1) is 7.72. The molecule has 1 aliphatic carbocycles. The Morgan fingerprint density at radius 1 is 1.44 bits per heavy atom. The van der Waals surface area contributed by atoms with Gasteiger partial charge in [0.2, 0.25) is 0 Å². The van der Waals surface area contributed by atoms with Crippen molar-refractivity contribution < 1.29 is 0 Å². The van der Waals surface area contributed by atoms with Gasteiger partial charge in [-0.05, 0) is 42.9 Å². The molecule has 1 fully saturated rings. The Balaban J connectivity index is 1.82. The van der Waals surface area contributed by atoms with Crippen LogP contribution in [0.3, 0.4) is 0 Å². The van der Waals surface area contributed by atoms with Crippen LogP contribution in [0.5, 0.6) is 0 Å². The maximum absolute atomic E-state index is 5.80. The summed E-state index contributed by atoms with van der Waals surface area (Å²) >= 11 is 0. The highest BCUT2D eigenvalue weighted by atomic mass is 15.0. The Hall–Kier alpha value is -1.35. The number of hydrogen-bond acceptors (Lipinski definition) is 2. The van der Waals surface area contributed by atoms with Crippen molar-refractivity contribution in [1.29, 1.82) is 0 Å². The van der Waals surface area contributed by atoms with Crippen LogP contribution in [0.1, 0.15) is 18.4 Å². The van der Waals surface area contributed by atoms with Gasteiger partial charge in [-0.25, -0.2) is 4.98 Å². The highest BCUT2D eigenvalue weighted by molar-refractivity contribution is 5.75.